The van der Waals surface area contributed by atoms with Crippen LogP contribution in [0.2, 0.25) is 0 Å². The molecule has 0 spiro atoms. The zero-order valence-corrected chi connectivity index (χ0v) is 49.5. The lowest BCUT2D eigenvalue weighted by Crippen LogP contribution is -2.57. The van der Waals surface area contributed by atoms with E-state index in [2.05, 4.69) is 71.2 Å². The molecule has 74 heavy (non-hydrogen) atoms. The normalized spacial score (nSPS) is 18.1. The van der Waals surface area contributed by atoms with E-state index in [1.165, 1.54) is 167 Å². The van der Waals surface area contributed by atoms with Gasteiger partial charge in [0, 0.05) is 31.9 Å². The Morgan fingerprint density at radius 2 is 0.892 bits per heavy atom. The van der Waals surface area contributed by atoms with Gasteiger partial charge >= 0.3 is 0 Å². The van der Waals surface area contributed by atoms with Crippen LogP contribution in [0.4, 0.5) is 0 Å². The summed E-state index contributed by atoms with van der Waals surface area (Å²) in [7, 11) is 0. The first-order chi connectivity index (χ1) is 36.3. The molecule has 0 saturated carbocycles. The highest BCUT2D eigenvalue weighted by atomic mass is 32.2. The van der Waals surface area contributed by atoms with Crippen LogP contribution in [0.3, 0.4) is 0 Å². The molecule has 0 bridgehead atoms. The fourth-order valence-electron chi connectivity index (χ4n) is 7.67. The standard InChI is InChI=1S/C32H63NO12S.2C14H28/c1-3-5-7-9-13-42-24-26(44-14-10-8-6-4-2)25-43-21-20-41-19-18-40-17-16-39-15-12-33-28(35)11-22-46-32-31(38)30(37)29(36)27(23-34)45-32;2*1-3-5-7-9-11-13-14-12-10-8-6-4-2/h26-27,29-32,34,36-38H,3-25H2,1-2H3,(H,33,35);2*9,11H,3-8,10,12-14H2,1-2H3/b;2*11-9-/t26?,27?,29-,30+,31?,32-;;/m1../s1. The Kier molecular flexibility index (Phi) is 63.5. The van der Waals surface area contributed by atoms with Crippen molar-refractivity contribution in [3.63, 3.8) is 0 Å². The summed E-state index contributed by atoms with van der Waals surface area (Å²) in [5, 5.41) is 41.7. The van der Waals surface area contributed by atoms with Gasteiger partial charge in [0.1, 0.15) is 36.0 Å². The van der Waals surface area contributed by atoms with Crippen LogP contribution >= 0.6 is 11.8 Å². The lowest BCUT2D eigenvalue weighted by Gasteiger charge is -2.39. The minimum atomic E-state index is -1.42. The lowest BCUT2D eigenvalue weighted by atomic mass is 10.0. The van der Waals surface area contributed by atoms with Crippen LogP contribution in [0.5, 0.6) is 0 Å². The van der Waals surface area contributed by atoms with E-state index in [1.807, 2.05) is 0 Å². The van der Waals surface area contributed by atoms with E-state index in [0.717, 1.165) is 37.8 Å². The molecule has 14 heteroatoms. The molecule has 1 saturated heterocycles. The monoisotopic (exact) mass is 1080 g/mol. The predicted octanol–water partition coefficient (Wildman–Crippen LogP) is 12.6. The van der Waals surface area contributed by atoms with Crippen molar-refractivity contribution in [2.45, 2.75) is 264 Å². The molecule has 1 aliphatic heterocycles. The van der Waals surface area contributed by atoms with E-state index in [4.69, 9.17) is 33.2 Å². The maximum atomic E-state index is 12.0. The Hall–Kier alpha value is -1.14. The quantitative estimate of drug-likeness (QED) is 0.0288. The molecule has 442 valence electrons. The number of nitrogens with one attached hydrogen (secondary N) is 1. The Balaban J connectivity index is 0. The molecule has 1 heterocycles. The van der Waals surface area contributed by atoms with Gasteiger partial charge in [-0.25, -0.2) is 0 Å². The van der Waals surface area contributed by atoms with E-state index in [1.54, 1.807) is 0 Å². The third-order valence-corrected chi connectivity index (χ3v) is 13.6. The largest absolute Gasteiger partial charge is 0.394 e. The van der Waals surface area contributed by atoms with Crippen molar-refractivity contribution < 1.29 is 58.4 Å². The number of hydrogen-bond donors (Lipinski definition) is 5. The summed E-state index contributed by atoms with van der Waals surface area (Å²) >= 11 is 1.14. The first-order valence-electron chi connectivity index (χ1n) is 30.3. The van der Waals surface area contributed by atoms with Crippen molar-refractivity contribution in [1.82, 2.24) is 5.32 Å². The fraction of sp³-hybridized carbons (Fsp3) is 0.917. The molecule has 0 aromatic heterocycles. The molecule has 3 unspecified atom stereocenters. The number of carbonyl (C=O) groups excluding carboxylic acids is 1. The Bertz CT molecular complexity index is 1120. The van der Waals surface area contributed by atoms with Crippen molar-refractivity contribution >= 4 is 17.7 Å². The SMILES string of the molecule is CCCC/C=C\CCCCCCCC.CCCC/C=C\CCCCCCCC.CCCCCCOCC(COCCOCCOCCOCCNC(=O)CCS[C@H]1OC(CO)[C@@H](O)[C@H](O)C1O)OCCCCCC. The van der Waals surface area contributed by atoms with Gasteiger partial charge in [-0.3, -0.25) is 4.79 Å². The highest BCUT2D eigenvalue weighted by Gasteiger charge is 2.43. The van der Waals surface area contributed by atoms with Gasteiger partial charge in [0.05, 0.1) is 66.1 Å². The Morgan fingerprint density at radius 1 is 0.486 bits per heavy atom. The molecule has 1 amide bonds. The van der Waals surface area contributed by atoms with Gasteiger partial charge in [-0.1, -0.05) is 194 Å². The van der Waals surface area contributed by atoms with Gasteiger partial charge in [-0.15, -0.1) is 11.8 Å². The van der Waals surface area contributed by atoms with Crippen LogP contribution in [-0.4, -0.2) is 154 Å². The minimum absolute atomic E-state index is 0.0616. The van der Waals surface area contributed by atoms with Crippen LogP contribution in [0.25, 0.3) is 0 Å². The van der Waals surface area contributed by atoms with Crippen LogP contribution in [0.15, 0.2) is 24.3 Å². The zero-order chi connectivity index (χ0) is 54.6. The zero-order valence-electron chi connectivity index (χ0n) is 48.6. The van der Waals surface area contributed by atoms with E-state index in [0.29, 0.717) is 71.8 Å². The molecular formula is C60H119NO12S. The third kappa shape index (κ3) is 52.9. The smallest absolute Gasteiger partial charge is 0.220 e. The van der Waals surface area contributed by atoms with E-state index in [-0.39, 0.29) is 18.4 Å². The predicted molar refractivity (Wildman–Crippen MR) is 309 cm³/mol. The molecule has 0 aromatic carbocycles. The van der Waals surface area contributed by atoms with Crippen molar-refractivity contribution in [3.05, 3.63) is 24.3 Å². The number of carbonyl (C=O) groups is 1. The maximum absolute atomic E-state index is 12.0. The van der Waals surface area contributed by atoms with Gasteiger partial charge in [-0.05, 0) is 51.4 Å². The number of allylic oxidation sites excluding steroid dienone is 4. The van der Waals surface area contributed by atoms with Gasteiger partial charge in [-0.2, -0.15) is 0 Å². The van der Waals surface area contributed by atoms with E-state index >= 15 is 0 Å². The Labute approximate surface area is 459 Å². The molecule has 0 radical (unpaired) electrons. The average molecular weight is 1080 g/mol. The average Bonchev–Trinajstić information content (AvgIpc) is 3.40. The number of thioether (sulfide) groups is 1. The molecule has 6 atom stereocenters. The number of rotatable bonds is 52. The van der Waals surface area contributed by atoms with Crippen molar-refractivity contribution in [1.29, 1.82) is 0 Å². The van der Waals surface area contributed by atoms with Crippen LogP contribution in [0.1, 0.15) is 228 Å². The van der Waals surface area contributed by atoms with E-state index in [9.17, 15) is 25.2 Å². The highest BCUT2D eigenvalue weighted by molar-refractivity contribution is 7.99. The first kappa shape index (κ1) is 74.9. The third-order valence-electron chi connectivity index (χ3n) is 12.5. The number of unbranched alkanes of at least 4 members (excludes halogenated alkanes) is 22. The highest BCUT2D eigenvalue weighted by Crippen LogP contribution is 2.28. The topological polar surface area (TPSA) is 175 Å². The first-order valence-corrected chi connectivity index (χ1v) is 31.3. The van der Waals surface area contributed by atoms with Gasteiger partial charge < -0.3 is 58.9 Å². The number of hydrogen-bond acceptors (Lipinski definition) is 13. The molecule has 1 rings (SSSR count). The van der Waals surface area contributed by atoms with Gasteiger partial charge in [0.15, 0.2) is 0 Å². The van der Waals surface area contributed by atoms with Crippen molar-refractivity contribution in [2.75, 3.05) is 91.6 Å². The molecule has 0 aliphatic carbocycles. The lowest BCUT2D eigenvalue weighted by molar-refractivity contribution is -0.205. The molecule has 5 N–H and O–H groups in total. The van der Waals surface area contributed by atoms with Crippen LogP contribution in [-0.2, 0) is 38.0 Å². The maximum Gasteiger partial charge on any atom is 0.220 e. The molecule has 1 aliphatic rings. The van der Waals surface area contributed by atoms with Gasteiger partial charge in [0.25, 0.3) is 0 Å². The summed E-state index contributed by atoms with van der Waals surface area (Å²) in [5.74, 6) is 0.148. The summed E-state index contributed by atoms with van der Waals surface area (Å²) in [4.78, 5) is 12.0. The van der Waals surface area contributed by atoms with Crippen LogP contribution < -0.4 is 5.32 Å². The summed E-state index contributed by atoms with van der Waals surface area (Å²) < 4.78 is 39.6. The second-order valence-corrected chi connectivity index (χ2v) is 20.8. The molecule has 0 aromatic rings. The van der Waals surface area contributed by atoms with Gasteiger partial charge in [0.2, 0.25) is 5.91 Å². The van der Waals surface area contributed by atoms with Crippen molar-refractivity contribution in [3.8, 4) is 0 Å². The van der Waals surface area contributed by atoms with Crippen molar-refractivity contribution in [2.24, 2.45) is 0 Å². The minimum Gasteiger partial charge on any atom is -0.394 e. The van der Waals surface area contributed by atoms with E-state index < -0.39 is 36.5 Å². The fourth-order valence-corrected chi connectivity index (χ4v) is 8.78. The number of aliphatic hydroxyl groups is 4. The van der Waals surface area contributed by atoms with Crippen LogP contribution in [0, 0.1) is 0 Å². The molecule has 13 nitrogen and oxygen atoms in total. The second kappa shape index (κ2) is 62.7. The molecular weight excluding hydrogens is 959 g/mol. The summed E-state index contributed by atoms with van der Waals surface area (Å²) in [6.45, 7) is 18.9. The number of amides is 1. The number of ether oxygens (including phenoxy) is 7. The Morgan fingerprint density at radius 3 is 1.38 bits per heavy atom. The summed E-state index contributed by atoms with van der Waals surface area (Å²) in [6.07, 6.45) is 41.4. The number of aliphatic hydroxyl groups excluding tert-OH is 4. The molecule has 1 fully saturated rings. The summed E-state index contributed by atoms with van der Waals surface area (Å²) in [5.41, 5.74) is -0.844. The summed E-state index contributed by atoms with van der Waals surface area (Å²) in [6, 6.07) is 0. The second-order valence-electron chi connectivity index (χ2n) is 19.6.